The lowest BCUT2D eigenvalue weighted by atomic mass is 10.1. The SMILES string of the molecule is COc1cc(OC)nc(Oc2cccc(C)c2C=NNC(=O)Cc2ccccc2)n1. The fraction of sp³-hybridized carbons (Fsp3) is 0.182. The Bertz CT molecular complexity index is 1020. The molecule has 3 aromatic rings. The van der Waals surface area contributed by atoms with E-state index in [1.54, 1.807) is 12.1 Å². The zero-order valence-corrected chi connectivity index (χ0v) is 17.0. The number of nitrogens with one attached hydrogen (secondary N) is 1. The number of hydrogen-bond acceptors (Lipinski definition) is 7. The van der Waals surface area contributed by atoms with Crippen molar-refractivity contribution in [2.45, 2.75) is 13.3 Å². The van der Waals surface area contributed by atoms with Gasteiger partial charge in [0.25, 0.3) is 0 Å². The van der Waals surface area contributed by atoms with Crippen LogP contribution < -0.4 is 19.6 Å². The number of hydrazone groups is 1. The monoisotopic (exact) mass is 406 g/mol. The Morgan fingerprint density at radius 1 is 1.03 bits per heavy atom. The first-order valence-electron chi connectivity index (χ1n) is 9.19. The van der Waals surface area contributed by atoms with Crippen LogP contribution in [0, 0.1) is 6.92 Å². The van der Waals surface area contributed by atoms with Gasteiger partial charge in [-0.2, -0.15) is 15.1 Å². The van der Waals surface area contributed by atoms with Gasteiger partial charge in [-0.15, -0.1) is 0 Å². The van der Waals surface area contributed by atoms with E-state index in [1.807, 2.05) is 49.4 Å². The first kappa shape index (κ1) is 20.8. The van der Waals surface area contributed by atoms with Crippen molar-refractivity contribution in [2.24, 2.45) is 5.10 Å². The van der Waals surface area contributed by atoms with Crippen molar-refractivity contribution < 1.29 is 19.0 Å². The highest BCUT2D eigenvalue weighted by Crippen LogP contribution is 2.27. The van der Waals surface area contributed by atoms with Crippen LogP contribution in [-0.2, 0) is 11.2 Å². The highest BCUT2D eigenvalue weighted by Gasteiger charge is 2.11. The maximum absolute atomic E-state index is 12.1. The number of aromatic nitrogens is 2. The molecule has 0 saturated carbocycles. The van der Waals surface area contributed by atoms with E-state index in [9.17, 15) is 4.79 Å². The Morgan fingerprint density at radius 2 is 1.73 bits per heavy atom. The predicted molar refractivity (Wildman–Crippen MR) is 112 cm³/mol. The second-order valence-electron chi connectivity index (χ2n) is 6.28. The third-order valence-corrected chi connectivity index (χ3v) is 4.15. The first-order chi connectivity index (χ1) is 14.6. The minimum absolute atomic E-state index is 0.0690. The molecule has 8 heteroatoms. The number of aryl methyl sites for hydroxylation is 1. The molecule has 154 valence electrons. The molecule has 0 bridgehead atoms. The average Bonchev–Trinajstić information content (AvgIpc) is 2.76. The fourth-order valence-corrected chi connectivity index (χ4v) is 2.63. The van der Waals surface area contributed by atoms with E-state index in [0.717, 1.165) is 11.1 Å². The van der Waals surface area contributed by atoms with Crippen LogP contribution in [0.15, 0.2) is 59.7 Å². The number of carbonyl (C=O) groups is 1. The normalized spacial score (nSPS) is 10.6. The first-order valence-corrected chi connectivity index (χ1v) is 9.19. The molecule has 1 amide bonds. The summed E-state index contributed by atoms with van der Waals surface area (Å²) in [6, 6.07) is 16.6. The van der Waals surface area contributed by atoms with Gasteiger partial charge in [-0.25, -0.2) is 5.43 Å². The van der Waals surface area contributed by atoms with Crippen LogP contribution in [0.5, 0.6) is 23.5 Å². The second-order valence-corrected chi connectivity index (χ2v) is 6.28. The lowest BCUT2D eigenvalue weighted by Gasteiger charge is -2.11. The molecule has 0 atom stereocenters. The number of amides is 1. The van der Waals surface area contributed by atoms with E-state index < -0.39 is 0 Å². The standard InChI is InChI=1S/C22H22N4O4/c1-15-8-7-11-18(30-22-24-20(28-2)13-21(25-22)29-3)17(15)14-23-26-19(27)12-16-9-5-4-6-10-16/h4-11,13-14H,12H2,1-3H3,(H,26,27). The zero-order valence-electron chi connectivity index (χ0n) is 17.0. The van der Waals surface area contributed by atoms with E-state index >= 15 is 0 Å². The van der Waals surface area contributed by atoms with Crippen molar-refractivity contribution in [1.82, 2.24) is 15.4 Å². The van der Waals surface area contributed by atoms with E-state index in [0.29, 0.717) is 23.1 Å². The topological polar surface area (TPSA) is 94.9 Å². The number of nitrogens with zero attached hydrogens (tertiary/aromatic N) is 3. The van der Waals surface area contributed by atoms with Crippen LogP contribution >= 0.6 is 0 Å². The van der Waals surface area contributed by atoms with Gasteiger partial charge in [-0.1, -0.05) is 42.5 Å². The van der Waals surface area contributed by atoms with Crippen LogP contribution in [0.4, 0.5) is 0 Å². The summed E-state index contributed by atoms with van der Waals surface area (Å²) < 4.78 is 16.1. The third-order valence-electron chi connectivity index (χ3n) is 4.15. The van der Waals surface area contributed by atoms with Gasteiger partial charge in [0, 0.05) is 5.56 Å². The molecule has 0 unspecified atom stereocenters. The van der Waals surface area contributed by atoms with Crippen LogP contribution in [-0.4, -0.2) is 36.3 Å². The van der Waals surface area contributed by atoms with Crippen molar-refractivity contribution in [3.05, 3.63) is 71.3 Å². The summed E-state index contributed by atoms with van der Waals surface area (Å²) in [6.45, 7) is 1.91. The number of rotatable bonds is 8. The maximum Gasteiger partial charge on any atom is 0.328 e. The number of methoxy groups -OCH3 is 2. The Morgan fingerprint density at radius 3 is 2.40 bits per heavy atom. The molecule has 3 rings (SSSR count). The van der Waals surface area contributed by atoms with E-state index in [1.165, 1.54) is 20.4 Å². The summed E-state index contributed by atoms with van der Waals surface area (Å²) >= 11 is 0. The highest BCUT2D eigenvalue weighted by atomic mass is 16.5. The number of ether oxygens (including phenoxy) is 3. The molecule has 2 aromatic carbocycles. The minimum Gasteiger partial charge on any atom is -0.481 e. The average molecular weight is 406 g/mol. The lowest BCUT2D eigenvalue weighted by molar-refractivity contribution is -0.120. The van der Waals surface area contributed by atoms with Crippen molar-refractivity contribution in [3.63, 3.8) is 0 Å². The Kier molecular flexibility index (Phi) is 6.94. The van der Waals surface area contributed by atoms with Gasteiger partial charge in [0.05, 0.1) is 32.9 Å². The number of hydrogen-bond donors (Lipinski definition) is 1. The van der Waals surface area contributed by atoms with Crippen molar-refractivity contribution >= 4 is 12.1 Å². The Hall–Kier alpha value is -3.94. The van der Waals surface area contributed by atoms with Crippen LogP contribution in [0.1, 0.15) is 16.7 Å². The highest BCUT2D eigenvalue weighted by molar-refractivity contribution is 5.87. The molecule has 1 aromatic heterocycles. The quantitative estimate of drug-likeness (QED) is 0.456. The summed E-state index contributed by atoms with van der Waals surface area (Å²) in [7, 11) is 2.99. The fourth-order valence-electron chi connectivity index (χ4n) is 2.63. The molecule has 0 aliphatic carbocycles. The Balaban J connectivity index is 1.75. The lowest BCUT2D eigenvalue weighted by Crippen LogP contribution is -2.19. The van der Waals surface area contributed by atoms with Gasteiger partial charge >= 0.3 is 6.01 Å². The van der Waals surface area contributed by atoms with Crippen molar-refractivity contribution in [1.29, 1.82) is 0 Å². The van der Waals surface area contributed by atoms with Crippen molar-refractivity contribution in [2.75, 3.05) is 14.2 Å². The molecule has 0 saturated heterocycles. The second kappa shape index (κ2) is 10.0. The maximum atomic E-state index is 12.1. The molecular formula is C22H22N4O4. The van der Waals surface area contributed by atoms with Crippen LogP contribution in [0.3, 0.4) is 0 Å². The molecule has 0 aliphatic rings. The van der Waals surface area contributed by atoms with Gasteiger partial charge in [0.15, 0.2) is 0 Å². The van der Waals surface area contributed by atoms with Gasteiger partial charge in [0.2, 0.25) is 17.7 Å². The summed E-state index contributed by atoms with van der Waals surface area (Å²) in [5.74, 6) is 0.890. The van der Waals surface area contributed by atoms with Gasteiger partial charge in [0.1, 0.15) is 5.75 Å². The molecule has 0 spiro atoms. The molecule has 30 heavy (non-hydrogen) atoms. The summed E-state index contributed by atoms with van der Waals surface area (Å²) in [5, 5.41) is 4.07. The van der Waals surface area contributed by atoms with Crippen LogP contribution in [0.2, 0.25) is 0 Å². The van der Waals surface area contributed by atoms with Crippen LogP contribution in [0.25, 0.3) is 0 Å². The smallest absolute Gasteiger partial charge is 0.328 e. The molecule has 1 heterocycles. The van der Waals surface area contributed by atoms with Gasteiger partial charge in [-0.05, 0) is 24.1 Å². The predicted octanol–water partition coefficient (Wildman–Crippen LogP) is 3.29. The molecule has 0 radical (unpaired) electrons. The molecule has 1 N–H and O–H groups in total. The van der Waals surface area contributed by atoms with E-state index in [-0.39, 0.29) is 18.3 Å². The zero-order chi connectivity index (χ0) is 21.3. The van der Waals surface area contributed by atoms with E-state index in [2.05, 4.69) is 20.5 Å². The largest absolute Gasteiger partial charge is 0.481 e. The summed E-state index contributed by atoms with van der Waals surface area (Å²) in [5.41, 5.74) is 5.04. The summed E-state index contributed by atoms with van der Waals surface area (Å²) in [4.78, 5) is 20.4. The van der Waals surface area contributed by atoms with E-state index in [4.69, 9.17) is 14.2 Å². The number of benzene rings is 2. The minimum atomic E-state index is -0.214. The molecular weight excluding hydrogens is 384 g/mol. The third kappa shape index (κ3) is 5.54. The molecule has 0 aliphatic heterocycles. The Labute approximate surface area is 174 Å². The molecule has 0 fully saturated rings. The molecule has 8 nitrogen and oxygen atoms in total. The summed E-state index contributed by atoms with van der Waals surface area (Å²) in [6.07, 6.45) is 1.78. The van der Waals surface area contributed by atoms with Crippen molar-refractivity contribution in [3.8, 4) is 23.5 Å². The van der Waals surface area contributed by atoms with Gasteiger partial charge in [-0.3, -0.25) is 4.79 Å². The van der Waals surface area contributed by atoms with Gasteiger partial charge < -0.3 is 14.2 Å². The number of carbonyl (C=O) groups excluding carboxylic acids is 1.